The van der Waals surface area contributed by atoms with Crippen LogP contribution in [0.3, 0.4) is 0 Å². The van der Waals surface area contributed by atoms with Crippen LogP contribution >= 0.6 is 12.4 Å². The topological polar surface area (TPSA) is 67.6 Å². The molecule has 1 aromatic rings. The van der Waals surface area contributed by atoms with Crippen LogP contribution in [0.5, 0.6) is 0 Å². The van der Waals surface area contributed by atoms with Crippen molar-refractivity contribution in [2.45, 2.75) is 50.1 Å². The van der Waals surface area contributed by atoms with Gasteiger partial charge in [-0.25, -0.2) is 0 Å². The highest BCUT2D eigenvalue weighted by Crippen LogP contribution is 2.33. The molecule has 26 heavy (non-hydrogen) atoms. The van der Waals surface area contributed by atoms with Gasteiger partial charge in [0.15, 0.2) is 0 Å². The van der Waals surface area contributed by atoms with Gasteiger partial charge in [0.1, 0.15) is 0 Å². The average Bonchev–Trinajstić information content (AvgIpc) is 2.68. The molecule has 1 amide bonds. The van der Waals surface area contributed by atoms with Crippen molar-refractivity contribution in [2.75, 3.05) is 32.8 Å². The lowest BCUT2D eigenvalue weighted by Crippen LogP contribution is -2.60. The van der Waals surface area contributed by atoms with Crippen LogP contribution in [-0.2, 0) is 16.0 Å². The number of halogens is 1. The Hall–Kier alpha value is -1.14. The number of hydrogen-bond donors (Lipinski definition) is 2. The van der Waals surface area contributed by atoms with E-state index in [4.69, 9.17) is 10.5 Å². The molecule has 2 fully saturated rings. The molecule has 1 aromatic carbocycles. The van der Waals surface area contributed by atoms with Gasteiger partial charge in [-0.2, -0.15) is 0 Å². The summed E-state index contributed by atoms with van der Waals surface area (Å²) in [7, 11) is 0. The summed E-state index contributed by atoms with van der Waals surface area (Å²) < 4.78 is 5.52. The first-order valence-electron chi connectivity index (χ1n) is 9.60. The monoisotopic (exact) mass is 381 g/mol. The smallest absolute Gasteiger partial charge is 0.237 e. The molecule has 5 nitrogen and oxygen atoms in total. The van der Waals surface area contributed by atoms with Gasteiger partial charge in [0.05, 0.1) is 19.3 Å². The number of rotatable bonds is 6. The summed E-state index contributed by atoms with van der Waals surface area (Å²) in [6.45, 7) is 4.22. The Morgan fingerprint density at radius 1 is 1.15 bits per heavy atom. The van der Waals surface area contributed by atoms with E-state index in [-0.39, 0.29) is 23.9 Å². The standard InChI is InChI=1S/C20H31N3O2.ClH/c21-18(15-17-7-3-1-4-8-17)19(24)22-16-20(9-5-2-6-10-20)23-11-13-25-14-12-23;/h1,3-4,7-8,18H,2,5-6,9-16,21H2,(H,22,24);1H. The number of amides is 1. The largest absolute Gasteiger partial charge is 0.379 e. The molecular weight excluding hydrogens is 350 g/mol. The number of nitrogens with two attached hydrogens (primary N) is 1. The highest BCUT2D eigenvalue weighted by Gasteiger charge is 2.39. The van der Waals surface area contributed by atoms with Gasteiger partial charge in [0.2, 0.25) is 5.91 Å². The van der Waals surface area contributed by atoms with Crippen molar-refractivity contribution in [1.82, 2.24) is 10.2 Å². The fourth-order valence-corrected chi connectivity index (χ4v) is 4.20. The Morgan fingerprint density at radius 3 is 2.46 bits per heavy atom. The highest BCUT2D eigenvalue weighted by molar-refractivity contribution is 5.85. The molecule has 6 heteroatoms. The number of carbonyl (C=O) groups excluding carboxylic acids is 1. The normalized spacial score (nSPS) is 21.4. The molecule has 1 aliphatic carbocycles. The molecule has 0 spiro atoms. The number of nitrogens with zero attached hydrogens (tertiary/aromatic N) is 1. The first-order chi connectivity index (χ1) is 12.2. The molecule has 2 aliphatic rings. The Balaban J connectivity index is 0.00000243. The van der Waals surface area contributed by atoms with Gasteiger partial charge in [-0.1, -0.05) is 49.6 Å². The SMILES string of the molecule is Cl.NC(Cc1ccccc1)C(=O)NCC1(N2CCOCC2)CCCCC1. The second-order valence-corrected chi connectivity index (χ2v) is 7.40. The molecule has 1 unspecified atom stereocenters. The minimum atomic E-state index is -0.493. The molecule has 1 aliphatic heterocycles. The lowest BCUT2D eigenvalue weighted by atomic mass is 9.79. The summed E-state index contributed by atoms with van der Waals surface area (Å²) in [5, 5.41) is 3.16. The zero-order chi connectivity index (χ0) is 17.5. The number of nitrogens with one attached hydrogen (secondary N) is 1. The van der Waals surface area contributed by atoms with Gasteiger partial charge in [-0.15, -0.1) is 12.4 Å². The number of morpholine rings is 1. The molecule has 1 heterocycles. The lowest BCUT2D eigenvalue weighted by Gasteiger charge is -2.48. The van der Waals surface area contributed by atoms with Gasteiger partial charge in [-0.3, -0.25) is 9.69 Å². The molecule has 3 N–H and O–H groups in total. The molecule has 146 valence electrons. The van der Waals surface area contributed by atoms with Gasteiger partial charge in [0.25, 0.3) is 0 Å². The number of ether oxygens (including phenoxy) is 1. The summed E-state index contributed by atoms with van der Waals surface area (Å²) in [5.74, 6) is -0.0398. The van der Waals surface area contributed by atoms with E-state index >= 15 is 0 Å². The van der Waals surface area contributed by atoms with Crippen molar-refractivity contribution < 1.29 is 9.53 Å². The minimum Gasteiger partial charge on any atom is -0.379 e. The predicted molar refractivity (Wildman–Crippen MR) is 107 cm³/mol. The van der Waals surface area contributed by atoms with E-state index in [2.05, 4.69) is 10.2 Å². The molecule has 0 bridgehead atoms. The van der Waals surface area contributed by atoms with Gasteiger partial charge >= 0.3 is 0 Å². The minimum absolute atomic E-state index is 0. The van der Waals surface area contributed by atoms with Crippen molar-refractivity contribution in [2.24, 2.45) is 5.73 Å². The maximum Gasteiger partial charge on any atom is 0.237 e. The van der Waals surface area contributed by atoms with Crippen LogP contribution in [0.4, 0.5) is 0 Å². The molecule has 0 aromatic heterocycles. The third-order valence-corrected chi connectivity index (χ3v) is 5.69. The quantitative estimate of drug-likeness (QED) is 0.792. The van der Waals surface area contributed by atoms with Crippen LogP contribution in [0.2, 0.25) is 0 Å². The predicted octanol–water partition coefficient (Wildman–Crippen LogP) is 2.13. The molecule has 1 saturated heterocycles. The van der Waals surface area contributed by atoms with Crippen molar-refractivity contribution in [3.05, 3.63) is 35.9 Å². The van der Waals surface area contributed by atoms with Crippen molar-refractivity contribution >= 4 is 18.3 Å². The van der Waals surface area contributed by atoms with E-state index in [9.17, 15) is 4.79 Å². The van der Waals surface area contributed by atoms with E-state index < -0.39 is 6.04 Å². The zero-order valence-corrected chi connectivity index (χ0v) is 16.3. The van der Waals surface area contributed by atoms with Gasteiger partial charge < -0.3 is 15.8 Å². The fourth-order valence-electron chi connectivity index (χ4n) is 4.20. The number of carbonyl (C=O) groups is 1. The maximum atomic E-state index is 12.5. The highest BCUT2D eigenvalue weighted by atomic mass is 35.5. The average molecular weight is 382 g/mol. The molecule has 0 radical (unpaired) electrons. The summed E-state index contributed by atoms with van der Waals surface area (Å²) in [6.07, 6.45) is 6.67. The Bertz CT molecular complexity index is 543. The summed E-state index contributed by atoms with van der Waals surface area (Å²) in [5.41, 5.74) is 7.33. The number of benzene rings is 1. The number of hydrogen-bond acceptors (Lipinski definition) is 4. The lowest BCUT2D eigenvalue weighted by molar-refractivity contribution is -0.123. The Labute approximate surface area is 163 Å². The molecule has 3 rings (SSSR count). The van der Waals surface area contributed by atoms with E-state index in [0.29, 0.717) is 13.0 Å². The van der Waals surface area contributed by atoms with E-state index in [1.807, 2.05) is 30.3 Å². The summed E-state index contributed by atoms with van der Waals surface area (Å²) in [4.78, 5) is 15.1. The second kappa shape index (κ2) is 10.3. The summed E-state index contributed by atoms with van der Waals surface area (Å²) >= 11 is 0. The maximum absolute atomic E-state index is 12.5. The Kier molecular flexibility index (Phi) is 8.35. The van der Waals surface area contributed by atoms with Crippen LogP contribution in [-0.4, -0.2) is 55.2 Å². The van der Waals surface area contributed by atoms with Crippen LogP contribution < -0.4 is 11.1 Å². The van der Waals surface area contributed by atoms with Crippen LogP contribution in [0.15, 0.2) is 30.3 Å². The second-order valence-electron chi connectivity index (χ2n) is 7.40. The van der Waals surface area contributed by atoms with Crippen LogP contribution in [0.1, 0.15) is 37.7 Å². The summed E-state index contributed by atoms with van der Waals surface area (Å²) in [6, 6.07) is 9.48. The van der Waals surface area contributed by atoms with Crippen molar-refractivity contribution in [3.63, 3.8) is 0 Å². The van der Waals surface area contributed by atoms with Gasteiger partial charge in [-0.05, 0) is 24.8 Å². The zero-order valence-electron chi connectivity index (χ0n) is 15.5. The van der Waals surface area contributed by atoms with E-state index in [1.165, 1.54) is 19.3 Å². The third-order valence-electron chi connectivity index (χ3n) is 5.69. The van der Waals surface area contributed by atoms with Gasteiger partial charge in [0, 0.05) is 25.2 Å². The van der Waals surface area contributed by atoms with E-state index in [1.54, 1.807) is 0 Å². The molecular formula is C20H32ClN3O2. The van der Waals surface area contributed by atoms with Crippen LogP contribution in [0, 0.1) is 0 Å². The first-order valence-corrected chi connectivity index (χ1v) is 9.60. The first kappa shape index (κ1) is 21.2. The Morgan fingerprint density at radius 2 is 1.81 bits per heavy atom. The molecule has 1 saturated carbocycles. The van der Waals surface area contributed by atoms with Crippen molar-refractivity contribution in [3.8, 4) is 0 Å². The van der Waals surface area contributed by atoms with Crippen molar-refractivity contribution in [1.29, 1.82) is 0 Å². The van der Waals surface area contributed by atoms with E-state index in [0.717, 1.165) is 44.7 Å². The molecule has 1 atom stereocenters. The fraction of sp³-hybridized carbons (Fsp3) is 0.650. The third kappa shape index (κ3) is 5.43. The van der Waals surface area contributed by atoms with Crippen LogP contribution in [0.25, 0.3) is 0 Å².